The van der Waals surface area contributed by atoms with Gasteiger partial charge in [0, 0.05) is 25.7 Å². The van der Waals surface area contributed by atoms with Gasteiger partial charge in [0.15, 0.2) is 0 Å². The van der Waals surface area contributed by atoms with Gasteiger partial charge in [-0.15, -0.1) is 0 Å². The van der Waals surface area contributed by atoms with E-state index in [1.54, 1.807) is 47.5 Å². The number of carbonyl (C=O) groups excluding carboxylic acids is 1. The quantitative estimate of drug-likeness (QED) is 0.851. The standard InChI is InChI=1S/C16H18N2O3S2/c1-17(11-13-7-9-22-12-13)16(19)14-3-5-15(6-4-14)18-8-2-10-23(18,20)21/h3-7,9,12H,2,8,10-11H2,1H3. The molecule has 1 aromatic carbocycles. The fraction of sp³-hybridized carbons (Fsp3) is 0.312. The molecule has 0 spiro atoms. The van der Waals surface area contributed by atoms with Crippen LogP contribution >= 0.6 is 11.3 Å². The van der Waals surface area contributed by atoms with Crippen molar-refractivity contribution in [2.24, 2.45) is 0 Å². The second-order valence-electron chi connectivity index (χ2n) is 5.58. The van der Waals surface area contributed by atoms with Crippen LogP contribution in [-0.4, -0.2) is 38.6 Å². The molecule has 3 rings (SSSR count). The summed E-state index contributed by atoms with van der Waals surface area (Å²) in [6.45, 7) is 1.07. The molecule has 2 aromatic rings. The fourth-order valence-electron chi connectivity index (χ4n) is 2.65. The van der Waals surface area contributed by atoms with Crippen LogP contribution in [0.4, 0.5) is 5.69 Å². The topological polar surface area (TPSA) is 57.7 Å². The van der Waals surface area contributed by atoms with Gasteiger partial charge in [-0.05, 0) is 53.1 Å². The van der Waals surface area contributed by atoms with E-state index in [0.29, 0.717) is 30.8 Å². The Labute approximate surface area is 140 Å². The van der Waals surface area contributed by atoms with E-state index >= 15 is 0 Å². The zero-order chi connectivity index (χ0) is 16.4. The molecule has 1 amide bonds. The van der Waals surface area contributed by atoms with Crippen molar-refractivity contribution in [1.29, 1.82) is 0 Å². The Morgan fingerprint density at radius 3 is 2.57 bits per heavy atom. The number of carbonyl (C=O) groups is 1. The van der Waals surface area contributed by atoms with Gasteiger partial charge in [0.2, 0.25) is 10.0 Å². The Balaban J connectivity index is 1.73. The van der Waals surface area contributed by atoms with Crippen LogP contribution in [0.2, 0.25) is 0 Å². The van der Waals surface area contributed by atoms with E-state index in [1.807, 2.05) is 16.8 Å². The van der Waals surface area contributed by atoms with E-state index in [2.05, 4.69) is 0 Å². The molecule has 23 heavy (non-hydrogen) atoms. The van der Waals surface area contributed by atoms with Crippen LogP contribution in [0, 0.1) is 0 Å². The molecule has 0 bridgehead atoms. The molecule has 0 unspecified atom stereocenters. The molecule has 122 valence electrons. The number of rotatable bonds is 4. The van der Waals surface area contributed by atoms with Crippen LogP contribution in [0.1, 0.15) is 22.3 Å². The fourth-order valence-corrected chi connectivity index (χ4v) is 4.87. The normalized spacial score (nSPS) is 16.5. The van der Waals surface area contributed by atoms with Crippen molar-refractivity contribution < 1.29 is 13.2 Å². The van der Waals surface area contributed by atoms with Crippen LogP contribution in [0.25, 0.3) is 0 Å². The molecule has 0 N–H and O–H groups in total. The minimum atomic E-state index is -3.18. The van der Waals surface area contributed by atoms with Crippen molar-refractivity contribution >= 4 is 33.0 Å². The first kappa shape index (κ1) is 16.0. The highest BCUT2D eigenvalue weighted by atomic mass is 32.2. The van der Waals surface area contributed by atoms with Gasteiger partial charge in [-0.3, -0.25) is 9.10 Å². The number of nitrogens with zero attached hydrogens (tertiary/aromatic N) is 2. The van der Waals surface area contributed by atoms with Gasteiger partial charge in [0.25, 0.3) is 5.91 Å². The average Bonchev–Trinajstić information content (AvgIpc) is 3.15. The van der Waals surface area contributed by atoms with E-state index in [0.717, 1.165) is 5.56 Å². The first-order chi connectivity index (χ1) is 11.0. The summed E-state index contributed by atoms with van der Waals surface area (Å²) >= 11 is 1.60. The third-order valence-electron chi connectivity index (χ3n) is 3.85. The smallest absolute Gasteiger partial charge is 0.253 e. The van der Waals surface area contributed by atoms with E-state index < -0.39 is 10.0 Å². The Hall–Kier alpha value is -1.86. The lowest BCUT2D eigenvalue weighted by Gasteiger charge is -2.19. The monoisotopic (exact) mass is 350 g/mol. The second-order valence-corrected chi connectivity index (χ2v) is 8.37. The highest BCUT2D eigenvalue weighted by Gasteiger charge is 2.28. The number of benzene rings is 1. The van der Waals surface area contributed by atoms with Crippen LogP contribution in [0.5, 0.6) is 0 Å². The number of thiophene rings is 1. The average molecular weight is 350 g/mol. The molecular formula is C16H18N2O3S2. The summed E-state index contributed by atoms with van der Waals surface area (Å²) in [4.78, 5) is 14.1. The summed E-state index contributed by atoms with van der Waals surface area (Å²) in [6.07, 6.45) is 0.645. The number of hydrogen-bond acceptors (Lipinski definition) is 4. The highest BCUT2D eigenvalue weighted by molar-refractivity contribution is 7.93. The molecular weight excluding hydrogens is 332 g/mol. The van der Waals surface area contributed by atoms with E-state index in [1.165, 1.54) is 4.31 Å². The minimum absolute atomic E-state index is 0.0768. The summed E-state index contributed by atoms with van der Waals surface area (Å²) in [5.74, 6) is 0.115. The van der Waals surface area contributed by atoms with Gasteiger partial charge in [-0.1, -0.05) is 0 Å². The minimum Gasteiger partial charge on any atom is -0.337 e. The molecule has 1 aliphatic rings. The van der Waals surface area contributed by atoms with Gasteiger partial charge in [-0.25, -0.2) is 8.42 Å². The van der Waals surface area contributed by atoms with E-state index in [-0.39, 0.29) is 11.7 Å². The predicted molar refractivity (Wildman–Crippen MR) is 92.3 cm³/mol. The van der Waals surface area contributed by atoms with Crippen molar-refractivity contribution in [2.75, 3.05) is 23.7 Å². The molecule has 0 atom stereocenters. The molecule has 1 aromatic heterocycles. The molecule has 2 heterocycles. The van der Waals surface area contributed by atoms with Crippen molar-refractivity contribution in [3.8, 4) is 0 Å². The maximum Gasteiger partial charge on any atom is 0.253 e. The zero-order valence-electron chi connectivity index (χ0n) is 12.8. The zero-order valence-corrected chi connectivity index (χ0v) is 14.4. The number of hydrogen-bond donors (Lipinski definition) is 0. The molecule has 0 saturated carbocycles. The predicted octanol–water partition coefficient (Wildman–Crippen LogP) is 2.56. The summed E-state index contributed by atoms with van der Waals surface area (Å²) < 4.78 is 25.3. The first-order valence-corrected chi connectivity index (χ1v) is 9.89. The van der Waals surface area contributed by atoms with Gasteiger partial charge in [0.1, 0.15) is 0 Å². The van der Waals surface area contributed by atoms with Crippen molar-refractivity contribution in [2.45, 2.75) is 13.0 Å². The van der Waals surface area contributed by atoms with Gasteiger partial charge < -0.3 is 4.90 Å². The molecule has 0 radical (unpaired) electrons. The molecule has 5 nitrogen and oxygen atoms in total. The van der Waals surface area contributed by atoms with Gasteiger partial charge in [-0.2, -0.15) is 11.3 Å². The third kappa shape index (κ3) is 3.40. The molecule has 1 aliphatic heterocycles. The molecule has 1 fully saturated rings. The third-order valence-corrected chi connectivity index (χ3v) is 6.45. The number of amides is 1. The molecule has 7 heteroatoms. The lowest BCUT2D eigenvalue weighted by molar-refractivity contribution is 0.0785. The van der Waals surface area contributed by atoms with Crippen molar-refractivity contribution in [3.63, 3.8) is 0 Å². The largest absolute Gasteiger partial charge is 0.337 e. The SMILES string of the molecule is CN(Cc1ccsc1)C(=O)c1ccc(N2CCCS2(=O)=O)cc1. The lowest BCUT2D eigenvalue weighted by Crippen LogP contribution is -2.27. The Bertz CT molecular complexity index is 783. The van der Waals surface area contributed by atoms with E-state index in [4.69, 9.17) is 0 Å². The van der Waals surface area contributed by atoms with Crippen molar-refractivity contribution in [1.82, 2.24) is 4.90 Å². The Morgan fingerprint density at radius 1 is 1.26 bits per heavy atom. The summed E-state index contributed by atoms with van der Waals surface area (Å²) in [6, 6.07) is 8.78. The lowest BCUT2D eigenvalue weighted by atomic mass is 10.1. The summed E-state index contributed by atoms with van der Waals surface area (Å²) in [7, 11) is -1.42. The maximum atomic E-state index is 12.4. The molecule has 1 saturated heterocycles. The van der Waals surface area contributed by atoms with Gasteiger partial charge >= 0.3 is 0 Å². The highest BCUT2D eigenvalue weighted by Crippen LogP contribution is 2.24. The second kappa shape index (κ2) is 6.33. The number of sulfonamides is 1. The van der Waals surface area contributed by atoms with E-state index in [9.17, 15) is 13.2 Å². The Kier molecular flexibility index (Phi) is 4.41. The van der Waals surface area contributed by atoms with Crippen LogP contribution in [-0.2, 0) is 16.6 Å². The Morgan fingerprint density at radius 2 is 2.00 bits per heavy atom. The summed E-state index contributed by atoms with van der Waals surface area (Å²) in [5, 5.41) is 4.00. The van der Waals surface area contributed by atoms with Gasteiger partial charge in [0.05, 0.1) is 11.4 Å². The maximum absolute atomic E-state index is 12.4. The summed E-state index contributed by atoms with van der Waals surface area (Å²) in [5.41, 5.74) is 2.29. The first-order valence-electron chi connectivity index (χ1n) is 7.34. The van der Waals surface area contributed by atoms with Crippen LogP contribution in [0.15, 0.2) is 41.1 Å². The number of anilines is 1. The molecule has 0 aliphatic carbocycles. The van der Waals surface area contributed by atoms with Crippen molar-refractivity contribution in [3.05, 3.63) is 52.2 Å². The van der Waals surface area contributed by atoms with Crippen LogP contribution < -0.4 is 4.31 Å². The van der Waals surface area contributed by atoms with Crippen LogP contribution in [0.3, 0.4) is 0 Å².